The van der Waals surface area contributed by atoms with Gasteiger partial charge in [-0.2, -0.15) is 0 Å². The van der Waals surface area contributed by atoms with Gasteiger partial charge in [-0.05, 0) is 36.2 Å². The molecular formula is C30H29Br2FN2O3. The zero-order chi connectivity index (χ0) is 27.6. The van der Waals surface area contributed by atoms with E-state index in [0.29, 0.717) is 31.2 Å². The van der Waals surface area contributed by atoms with Gasteiger partial charge in [0.1, 0.15) is 5.82 Å². The second-order valence-electron chi connectivity index (χ2n) is 9.86. The maximum absolute atomic E-state index is 14.9. The van der Waals surface area contributed by atoms with Gasteiger partial charge in [-0.15, -0.1) is 0 Å². The number of amides is 1. The molecule has 3 aromatic rings. The minimum atomic E-state index is -0.686. The molecular weight excluding hydrogens is 615 g/mol. The van der Waals surface area contributed by atoms with Crippen LogP contribution in [0.3, 0.4) is 0 Å². The zero-order valence-electron chi connectivity index (χ0n) is 21.5. The van der Waals surface area contributed by atoms with Crippen LogP contribution in [-0.2, 0) is 4.79 Å². The Balaban J connectivity index is 1.89. The molecule has 198 valence electrons. The van der Waals surface area contributed by atoms with Crippen LogP contribution in [0, 0.1) is 24.6 Å². The fourth-order valence-corrected chi connectivity index (χ4v) is 6.19. The molecule has 4 rings (SSSR count). The molecule has 5 nitrogen and oxygen atoms in total. The van der Waals surface area contributed by atoms with E-state index < -0.39 is 17.8 Å². The molecule has 1 fully saturated rings. The van der Waals surface area contributed by atoms with Crippen LogP contribution in [0.25, 0.3) is 0 Å². The largest absolute Gasteiger partial charge is 0.348 e. The summed E-state index contributed by atoms with van der Waals surface area (Å²) in [4.78, 5) is 44.4. The first-order valence-corrected chi connectivity index (χ1v) is 13.9. The standard InChI is InChI=1S/C30H29Br2FN2O3/c1-18-19(11-8-14-26(18)33)28-22(29(37)20-9-4-6-12-24(20)31)15-35(17-27(36)34(2)3)16-23(28)30(38)21-10-5-7-13-25(21)32/h4-14,22-23,28H,15-17H2,1-3H3. The zero-order valence-corrected chi connectivity index (χ0v) is 24.6. The van der Waals surface area contributed by atoms with Gasteiger partial charge in [0.05, 0.1) is 6.54 Å². The SMILES string of the molecule is Cc1c(F)cccc1C1C(C(=O)c2ccccc2Br)CN(CC(=O)N(C)C)CC1C(=O)c1ccccc1Br. The Morgan fingerprint density at radius 1 is 0.842 bits per heavy atom. The number of nitrogens with zero attached hydrogens (tertiary/aromatic N) is 2. The minimum Gasteiger partial charge on any atom is -0.348 e. The van der Waals surface area contributed by atoms with E-state index in [-0.39, 0.29) is 42.9 Å². The fraction of sp³-hybridized carbons (Fsp3) is 0.300. The number of piperidine rings is 1. The quantitative estimate of drug-likeness (QED) is 0.290. The molecule has 1 aliphatic heterocycles. The van der Waals surface area contributed by atoms with Crippen molar-refractivity contribution in [1.29, 1.82) is 0 Å². The summed E-state index contributed by atoms with van der Waals surface area (Å²) in [6, 6.07) is 19.2. The molecule has 1 amide bonds. The van der Waals surface area contributed by atoms with Crippen LogP contribution in [0.2, 0.25) is 0 Å². The molecule has 0 aromatic heterocycles. The summed E-state index contributed by atoms with van der Waals surface area (Å²) in [5.41, 5.74) is 2.04. The summed E-state index contributed by atoms with van der Waals surface area (Å²) in [6.07, 6.45) is 0. The predicted molar refractivity (Wildman–Crippen MR) is 153 cm³/mol. The molecule has 0 radical (unpaired) electrons. The van der Waals surface area contributed by atoms with Crippen molar-refractivity contribution in [1.82, 2.24) is 9.80 Å². The van der Waals surface area contributed by atoms with E-state index in [9.17, 15) is 18.8 Å². The third kappa shape index (κ3) is 5.82. The highest BCUT2D eigenvalue weighted by Crippen LogP contribution is 2.43. The highest BCUT2D eigenvalue weighted by molar-refractivity contribution is 9.10. The lowest BCUT2D eigenvalue weighted by atomic mass is 9.68. The van der Waals surface area contributed by atoms with Crippen LogP contribution in [-0.4, -0.2) is 61.0 Å². The fourth-order valence-electron chi connectivity index (χ4n) is 5.23. The van der Waals surface area contributed by atoms with Crippen molar-refractivity contribution < 1.29 is 18.8 Å². The van der Waals surface area contributed by atoms with Crippen molar-refractivity contribution in [3.05, 3.63) is 104 Å². The molecule has 2 atom stereocenters. The van der Waals surface area contributed by atoms with Crippen molar-refractivity contribution >= 4 is 49.3 Å². The Morgan fingerprint density at radius 2 is 1.34 bits per heavy atom. The Morgan fingerprint density at radius 3 is 1.82 bits per heavy atom. The Hall–Kier alpha value is -2.68. The van der Waals surface area contributed by atoms with Crippen LogP contribution in [0.4, 0.5) is 4.39 Å². The number of carbonyl (C=O) groups is 3. The van der Waals surface area contributed by atoms with Crippen molar-refractivity contribution in [2.45, 2.75) is 12.8 Å². The molecule has 0 N–H and O–H groups in total. The maximum atomic E-state index is 14.9. The smallest absolute Gasteiger partial charge is 0.236 e. The van der Waals surface area contributed by atoms with Gasteiger partial charge >= 0.3 is 0 Å². The van der Waals surface area contributed by atoms with Crippen LogP contribution in [0.5, 0.6) is 0 Å². The summed E-state index contributed by atoms with van der Waals surface area (Å²) in [7, 11) is 3.36. The minimum absolute atomic E-state index is 0.0708. The lowest BCUT2D eigenvalue weighted by Gasteiger charge is -2.43. The molecule has 2 unspecified atom stereocenters. The van der Waals surface area contributed by atoms with Crippen molar-refractivity contribution in [2.24, 2.45) is 11.8 Å². The van der Waals surface area contributed by atoms with E-state index in [1.807, 2.05) is 23.1 Å². The van der Waals surface area contributed by atoms with Gasteiger partial charge in [0, 0.05) is 65.0 Å². The molecule has 0 saturated carbocycles. The van der Waals surface area contributed by atoms with Gasteiger partial charge in [-0.3, -0.25) is 19.3 Å². The third-order valence-electron chi connectivity index (χ3n) is 7.26. The average Bonchev–Trinajstić information content (AvgIpc) is 2.89. The number of hydrogen-bond donors (Lipinski definition) is 0. The predicted octanol–water partition coefficient (Wildman–Crippen LogP) is 6.14. The normalized spacial score (nSPS) is 19.7. The van der Waals surface area contributed by atoms with E-state index in [4.69, 9.17) is 0 Å². The number of ketones is 2. The Kier molecular flexibility index (Phi) is 8.96. The second kappa shape index (κ2) is 12.0. The molecule has 8 heteroatoms. The summed E-state index contributed by atoms with van der Waals surface area (Å²) < 4.78 is 16.2. The van der Waals surface area contributed by atoms with Crippen molar-refractivity contribution in [2.75, 3.05) is 33.7 Å². The number of likely N-dealkylation sites (N-methyl/N-ethyl adjacent to an activating group) is 1. The number of benzene rings is 3. The molecule has 0 bridgehead atoms. The molecule has 1 saturated heterocycles. The molecule has 0 spiro atoms. The maximum Gasteiger partial charge on any atom is 0.236 e. The van der Waals surface area contributed by atoms with Gasteiger partial charge in [0.25, 0.3) is 0 Å². The lowest BCUT2D eigenvalue weighted by Crippen LogP contribution is -2.52. The summed E-state index contributed by atoms with van der Waals surface area (Å²) >= 11 is 7.00. The van der Waals surface area contributed by atoms with Gasteiger partial charge in [-0.1, -0.05) is 80.4 Å². The molecule has 38 heavy (non-hydrogen) atoms. The van der Waals surface area contributed by atoms with E-state index in [1.165, 1.54) is 11.0 Å². The monoisotopic (exact) mass is 642 g/mol. The van der Waals surface area contributed by atoms with E-state index in [0.717, 1.165) is 0 Å². The first-order chi connectivity index (χ1) is 18.1. The summed E-state index contributed by atoms with van der Waals surface area (Å²) in [5.74, 6) is -2.77. The number of carbonyl (C=O) groups excluding carboxylic acids is 3. The molecule has 1 heterocycles. The number of Topliss-reactive ketones (excluding diaryl/α,β-unsaturated/α-hetero) is 2. The van der Waals surface area contributed by atoms with Crippen LogP contribution < -0.4 is 0 Å². The Bertz CT molecular complexity index is 1310. The number of rotatable bonds is 7. The number of hydrogen-bond acceptors (Lipinski definition) is 4. The van der Waals surface area contributed by atoms with Gasteiger partial charge < -0.3 is 4.90 Å². The number of likely N-dealkylation sites (tertiary alicyclic amines) is 1. The average molecular weight is 644 g/mol. The molecule has 3 aromatic carbocycles. The van der Waals surface area contributed by atoms with Crippen LogP contribution in [0.15, 0.2) is 75.7 Å². The Labute approximate surface area is 239 Å². The topological polar surface area (TPSA) is 57.7 Å². The van der Waals surface area contributed by atoms with E-state index >= 15 is 0 Å². The second-order valence-corrected chi connectivity index (χ2v) is 11.6. The summed E-state index contributed by atoms with van der Waals surface area (Å²) in [5, 5.41) is 0. The lowest BCUT2D eigenvalue weighted by molar-refractivity contribution is -0.130. The first kappa shape index (κ1) is 28.3. The first-order valence-electron chi connectivity index (χ1n) is 12.3. The van der Waals surface area contributed by atoms with Crippen molar-refractivity contribution in [3.8, 4) is 0 Å². The van der Waals surface area contributed by atoms with Crippen molar-refractivity contribution in [3.63, 3.8) is 0 Å². The van der Waals surface area contributed by atoms with Crippen LogP contribution >= 0.6 is 31.9 Å². The summed E-state index contributed by atoms with van der Waals surface area (Å²) in [6.45, 7) is 2.29. The highest BCUT2D eigenvalue weighted by Gasteiger charge is 2.46. The highest BCUT2D eigenvalue weighted by atomic mass is 79.9. The number of halogens is 3. The van der Waals surface area contributed by atoms with Gasteiger partial charge in [-0.25, -0.2) is 4.39 Å². The molecule has 0 aliphatic carbocycles. The van der Waals surface area contributed by atoms with Gasteiger partial charge in [0.15, 0.2) is 11.6 Å². The molecule has 1 aliphatic rings. The van der Waals surface area contributed by atoms with E-state index in [2.05, 4.69) is 31.9 Å². The van der Waals surface area contributed by atoms with E-state index in [1.54, 1.807) is 63.5 Å². The van der Waals surface area contributed by atoms with Gasteiger partial charge in [0.2, 0.25) is 5.91 Å². The van der Waals surface area contributed by atoms with Crippen LogP contribution in [0.1, 0.15) is 37.8 Å². The third-order valence-corrected chi connectivity index (χ3v) is 8.64.